The van der Waals surface area contributed by atoms with Crippen molar-refractivity contribution in [1.82, 2.24) is 20.1 Å². The molecule has 0 bridgehead atoms. The molecule has 0 radical (unpaired) electrons. The molecule has 1 aliphatic carbocycles. The molecule has 17 heavy (non-hydrogen) atoms. The number of nitrogens with one attached hydrogen (secondary N) is 1. The van der Waals surface area contributed by atoms with Crippen LogP contribution in [0.4, 0.5) is 0 Å². The molecule has 1 unspecified atom stereocenters. The third kappa shape index (κ3) is 3.09. The molecule has 1 saturated carbocycles. The van der Waals surface area contributed by atoms with Crippen molar-refractivity contribution >= 4 is 17.7 Å². The lowest BCUT2D eigenvalue weighted by Crippen LogP contribution is -2.31. The molecule has 0 saturated heterocycles. The summed E-state index contributed by atoms with van der Waals surface area (Å²) in [5.74, 6) is 0.000229. The number of carbonyl (C=O) groups is 1. The van der Waals surface area contributed by atoms with Gasteiger partial charge in [0.2, 0.25) is 5.91 Å². The van der Waals surface area contributed by atoms with Crippen LogP contribution in [0, 0.1) is 0 Å². The highest BCUT2D eigenvalue weighted by Crippen LogP contribution is 2.37. The number of rotatable bonds is 6. The maximum absolute atomic E-state index is 11.7. The summed E-state index contributed by atoms with van der Waals surface area (Å²) >= 11 is 1.45. The van der Waals surface area contributed by atoms with Gasteiger partial charge in [-0.3, -0.25) is 4.79 Å². The van der Waals surface area contributed by atoms with Gasteiger partial charge >= 0.3 is 0 Å². The minimum absolute atomic E-state index is 0.000229. The highest BCUT2D eigenvalue weighted by molar-refractivity contribution is 8.00. The molecule has 1 aromatic rings. The molecule has 0 aliphatic heterocycles. The van der Waals surface area contributed by atoms with Crippen LogP contribution >= 0.6 is 11.8 Å². The third-order valence-electron chi connectivity index (χ3n) is 2.55. The highest BCUT2D eigenvalue weighted by atomic mass is 32.2. The van der Waals surface area contributed by atoms with Crippen molar-refractivity contribution in [3.05, 3.63) is 19.0 Å². The lowest BCUT2D eigenvalue weighted by molar-refractivity contribution is -0.120. The van der Waals surface area contributed by atoms with Gasteiger partial charge in [-0.15, -0.1) is 16.8 Å². The second kappa shape index (κ2) is 5.35. The Morgan fingerprint density at radius 2 is 2.59 bits per heavy atom. The average molecular weight is 252 g/mol. The van der Waals surface area contributed by atoms with Crippen LogP contribution in [-0.2, 0) is 4.79 Å². The van der Waals surface area contributed by atoms with Crippen LogP contribution < -0.4 is 5.32 Å². The normalized spacial score (nSPS) is 16.5. The number of nitrogens with zero attached hydrogens (tertiary/aromatic N) is 3. The van der Waals surface area contributed by atoms with Crippen LogP contribution in [-0.4, -0.2) is 32.5 Å². The monoisotopic (exact) mass is 252 g/mol. The molecule has 1 fully saturated rings. The van der Waals surface area contributed by atoms with Gasteiger partial charge in [-0.1, -0.05) is 17.8 Å². The third-order valence-corrected chi connectivity index (χ3v) is 3.62. The fourth-order valence-corrected chi connectivity index (χ4v) is 2.37. The Morgan fingerprint density at radius 1 is 1.82 bits per heavy atom. The number of hydrogen-bond donors (Lipinski definition) is 1. The fraction of sp³-hybridized carbons (Fsp3) is 0.545. The summed E-state index contributed by atoms with van der Waals surface area (Å²) < 4.78 is 2.06. The Bertz CT molecular complexity index is 413. The lowest BCUT2D eigenvalue weighted by atomic mass is 10.4. The van der Waals surface area contributed by atoms with Crippen LogP contribution in [0.15, 0.2) is 24.1 Å². The van der Waals surface area contributed by atoms with Crippen molar-refractivity contribution in [3.63, 3.8) is 0 Å². The SMILES string of the molecule is C=CCNC(=O)C(C)Sc1nncn1C1CC1. The summed E-state index contributed by atoms with van der Waals surface area (Å²) in [7, 11) is 0. The summed E-state index contributed by atoms with van der Waals surface area (Å²) in [6.45, 7) is 5.93. The molecule has 1 heterocycles. The summed E-state index contributed by atoms with van der Waals surface area (Å²) in [6, 6.07) is 0.538. The second-order valence-corrected chi connectivity index (χ2v) is 5.35. The summed E-state index contributed by atoms with van der Waals surface area (Å²) in [4.78, 5) is 11.7. The minimum Gasteiger partial charge on any atom is -0.352 e. The first kappa shape index (κ1) is 12.2. The molecule has 1 amide bonds. The van der Waals surface area contributed by atoms with Crippen molar-refractivity contribution in [1.29, 1.82) is 0 Å². The Hall–Kier alpha value is -1.30. The zero-order chi connectivity index (χ0) is 12.3. The number of thioether (sulfide) groups is 1. The van der Waals surface area contributed by atoms with E-state index in [4.69, 9.17) is 0 Å². The number of hydrogen-bond acceptors (Lipinski definition) is 4. The van der Waals surface area contributed by atoms with Gasteiger partial charge in [0.1, 0.15) is 6.33 Å². The minimum atomic E-state index is -0.170. The highest BCUT2D eigenvalue weighted by Gasteiger charge is 2.27. The molecule has 1 aliphatic rings. The van der Waals surface area contributed by atoms with Gasteiger partial charge in [-0.05, 0) is 19.8 Å². The predicted molar refractivity (Wildman–Crippen MR) is 66.8 cm³/mol. The predicted octanol–water partition coefficient (Wildman–Crippen LogP) is 1.40. The van der Waals surface area contributed by atoms with Crippen LogP contribution in [0.1, 0.15) is 25.8 Å². The zero-order valence-electron chi connectivity index (χ0n) is 9.80. The van der Waals surface area contributed by atoms with Gasteiger partial charge in [0.05, 0.1) is 5.25 Å². The van der Waals surface area contributed by atoms with E-state index in [-0.39, 0.29) is 11.2 Å². The molecule has 0 aromatic carbocycles. The van der Waals surface area contributed by atoms with Crippen molar-refractivity contribution in [2.75, 3.05) is 6.54 Å². The number of aromatic nitrogens is 3. The Morgan fingerprint density at radius 3 is 3.24 bits per heavy atom. The van der Waals surface area contributed by atoms with E-state index in [1.54, 1.807) is 12.4 Å². The van der Waals surface area contributed by atoms with Gasteiger partial charge in [-0.25, -0.2) is 0 Å². The summed E-state index contributed by atoms with van der Waals surface area (Å²) in [5, 5.41) is 11.4. The maximum atomic E-state index is 11.7. The number of carbonyl (C=O) groups excluding carboxylic acids is 1. The first-order valence-electron chi connectivity index (χ1n) is 5.67. The zero-order valence-corrected chi connectivity index (χ0v) is 10.6. The van der Waals surface area contributed by atoms with Crippen LogP contribution in [0.3, 0.4) is 0 Å². The first-order chi connectivity index (χ1) is 8.22. The van der Waals surface area contributed by atoms with E-state index in [9.17, 15) is 4.79 Å². The quantitative estimate of drug-likeness (QED) is 0.614. The van der Waals surface area contributed by atoms with Gasteiger partial charge in [0.15, 0.2) is 5.16 Å². The van der Waals surface area contributed by atoms with E-state index in [1.165, 1.54) is 24.6 Å². The largest absolute Gasteiger partial charge is 0.352 e. The molecule has 0 spiro atoms. The fourth-order valence-electron chi connectivity index (χ4n) is 1.45. The van der Waals surface area contributed by atoms with Crippen LogP contribution in [0.25, 0.3) is 0 Å². The lowest BCUT2D eigenvalue weighted by Gasteiger charge is -2.10. The molecular formula is C11H16N4OS. The van der Waals surface area contributed by atoms with Crippen molar-refractivity contribution in [2.24, 2.45) is 0 Å². The number of amides is 1. The molecule has 6 heteroatoms. The van der Waals surface area contributed by atoms with Gasteiger partial charge in [0.25, 0.3) is 0 Å². The van der Waals surface area contributed by atoms with E-state index in [1.807, 2.05) is 6.92 Å². The van der Waals surface area contributed by atoms with Crippen molar-refractivity contribution < 1.29 is 4.79 Å². The standard InChI is InChI=1S/C11H16N4OS/c1-3-6-12-10(16)8(2)17-11-14-13-7-15(11)9-4-5-9/h3,7-9H,1,4-6H2,2H3,(H,12,16). The van der Waals surface area contributed by atoms with Crippen molar-refractivity contribution in [2.45, 2.75) is 36.2 Å². The molecule has 1 aromatic heterocycles. The Labute approximate surface area is 105 Å². The topological polar surface area (TPSA) is 59.8 Å². The Balaban J connectivity index is 1.92. The van der Waals surface area contributed by atoms with Crippen LogP contribution in [0.2, 0.25) is 0 Å². The summed E-state index contributed by atoms with van der Waals surface area (Å²) in [6.07, 6.45) is 5.78. The van der Waals surface area contributed by atoms with Crippen molar-refractivity contribution in [3.8, 4) is 0 Å². The van der Waals surface area contributed by atoms with E-state index in [2.05, 4.69) is 26.7 Å². The molecule has 1 atom stereocenters. The smallest absolute Gasteiger partial charge is 0.233 e. The first-order valence-corrected chi connectivity index (χ1v) is 6.55. The van der Waals surface area contributed by atoms with Crippen LogP contribution in [0.5, 0.6) is 0 Å². The van der Waals surface area contributed by atoms with E-state index < -0.39 is 0 Å². The second-order valence-electron chi connectivity index (χ2n) is 4.05. The Kier molecular flexibility index (Phi) is 3.83. The molecule has 2 rings (SSSR count). The molecule has 5 nitrogen and oxygen atoms in total. The van der Waals surface area contributed by atoms with Gasteiger partial charge in [0, 0.05) is 12.6 Å². The molecule has 92 valence electrons. The average Bonchev–Trinajstić information content (AvgIpc) is 3.07. The molecular weight excluding hydrogens is 236 g/mol. The van der Waals surface area contributed by atoms with E-state index in [0.29, 0.717) is 12.6 Å². The molecule has 1 N–H and O–H groups in total. The van der Waals surface area contributed by atoms with Gasteiger partial charge in [-0.2, -0.15) is 0 Å². The summed E-state index contributed by atoms with van der Waals surface area (Å²) in [5.41, 5.74) is 0. The van der Waals surface area contributed by atoms with Gasteiger partial charge < -0.3 is 9.88 Å². The van der Waals surface area contributed by atoms with E-state index in [0.717, 1.165) is 5.16 Å². The van der Waals surface area contributed by atoms with E-state index >= 15 is 0 Å². The maximum Gasteiger partial charge on any atom is 0.233 e.